The predicted molar refractivity (Wildman–Crippen MR) is 67.0 cm³/mol. The van der Waals surface area contributed by atoms with Gasteiger partial charge in [-0.05, 0) is 29.7 Å². The molecule has 2 aromatic rings. The summed E-state index contributed by atoms with van der Waals surface area (Å²) in [5.74, 6) is 0.822. The van der Waals surface area contributed by atoms with Crippen LogP contribution in [0.3, 0.4) is 0 Å². The maximum Gasteiger partial charge on any atom is 0.173 e. The second kappa shape index (κ2) is 5.04. The molecule has 8 nitrogen and oxygen atoms in total. The lowest BCUT2D eigenvalue weighted by Gasteiger charge is -2.04. The van der Waals surface area contributed by atoms with Gasteiger partial charge in [0, 0.05) is 0 Å². The van der Waals surface area contributed by atoms with Gasteiger partial charge < -0.3 is 5.73 Å². The quantitative estimate of drug-likeness (QED) is 0.811. The number of hydrogen-bond acceptors (Lipinski definition) is 6. The van der Waals surface area contributed by atoms with Crippen LogP contribution in [0.15, 0.2) is 6.20 Å². The van der Waals surface area contributed by atoms with Crippen molar-refractivity contribution < 1.29 is 0 Å². The third kappa shape index (κ3) is 2.62. The zero-order valence-corrected chi connectivity index (χ0v) is 11.0. The van der Waals surface area contributed by atoms with Gasteiger partial charge in [-0.1, -0.05) is 18.6 Å². The number of nitrogens with zero attached hydrogens (tertiary/aromatic N) is 7. The van der Waals surface area contributed by atoms with Crippen molar-refractivity contribution >= 4 is 0 Å². The van der Waals surface area contributed by atoms with E-state index >= 15 is 0 Å². The van der Waals surface area contributed by atoms with Crippen LogP contribution in [-0.2, 0) is 6.54 Å². The molecule has 1 aliphatic carbocycles. The third-order valence-electron chi connectivity index (χ3n) is 3.29. The zero-order chi connectivity index (χ0) is 13.2. The predicted octanol–water partition coefficient (Wildman–Crippen LogP) is 0.448. The van der Waals surface area contributed by atoms with Crippen LogP contribution in [0.25, 0.3) is 0 Å². The van der Waals surface area contributed by atoms with Gasteiger partial charge in [0.25, 0.3) is 0 Å². The van der Waals surface area contributed by atoms with Crippen LogP contribution in [0, 0.1) is 0 Å². The second-order valence-electron chi connectivity index (χ2n) is 5.01. The van der Waals surface area contributed by atoms with Gasteiger partial charge in [-0.25, -0.2) is 9.36 Å². The molecule has 1 atom stereocenters. The first-order valence-electron chi connectivity index (χ1n) is 6.70. The van der Waals surface area contributed by atoms with Gasteiger partial charge in [-0.2, -0.15) is 0 Å². The van der Waals surface area contributed by atoms with E-state index in [2.05, 4.69) is 32.8 Å². The number of tetrazole rings is 1. The molecule has 0 aromatic carbocycles. The van der Waals surface area contributed by atoms with Crippen molar-refractivity contribution in [3.05, 3.63) is 17.7 Å². The first kappa shape index (κ1) is 12.2. The lowest BCUT2D eigenvalue weighted by Crippen LogP contribution is -2.10. The van der Waals surface area contributed by atoms with Crippen LogP contribution >= 0.6 is 0 Å². The fourth-order valence-corrected chi connectivity index (χ4v) is 2.08. The Morgan fingerprint density at radius 3 is 2.95 bits per heavy atom. The summed E-state index contributed by atoms with van der Waals surface area (Å²) in [7, 11) is 0. The molecule has 0 radical (unpaired) electrons. The van der Waals surface area contributed by atoms with Gasteiger partial charge in [0.2, 0.25) is 0 Å². The molecule has 2 N–H and O–H groups in total. The van der Waals surface area contributed by atoms with E-state index in [4.69, 9.17) is 5.73 Å². The van der Waals surface area contributed by atoms with Crippen molar-refractivity contribution in [2.45, 2.75) is 51.2 Å². The minimum absolute atomic E-state index is 0.0434. The lowest BCUT2D eigenvalue weighted by atomic mass is 10.1. The minimum atomic E-state index is -0.0434. The van der Waals surface area contributed by atoms with Crippen molar-refractivity contribution in [1.82, 2.24) is 35.2 Å². The molecule has 0 amide bonds. The summed E-state index contributed by atoms with van der Waals surface area (Å²) in [6.45, 7) is 2.64. The maximum atomic E-state index is 6.02. The van der Waals surface area contributed by atoms with Crippen LogP contribution in [0.5, 0.6) is 0 Å². The van der Waals surface area contributed by atoms with Gasteiger partial charge in [0.15, 0.2) is 5.82 Å². The van der Waals surface area contributed by atoms with Crippen LogP contribution in [0.2, 0.25) is 0 Å². The standard InChI is InChI=1S/C11H18N8/c1-2-3-9(12)10-6-18(16-13-10)7-11-14-15-17-19(11)8-4-5-8/h6,8-9H,2-5,7,12H2,1H3. The molecule has 0 aliphatic heterocycles. The molecule has 3 rings (SSSR count). The Kier molecular flexibility index (Phi) is 3.24. The van der Waals surface area contributed by atoms with Crippen molar-refractivity contribution in [1.29, 1.82) is 0 Å². The Labute approximate surface area is 111 Å². The molecular weight excluding hydrogens is 244 g/mol. The smallest absolute Gasteiger partial charge is 0.173 e. The van der Waals surface area contributed by atoms with Gasteiger partial charge in [0.05, 0.1) is 24.0 Å². The van der Waals surface area contributed by atoms with Gasteiger partial charge in [0.1, 0.15) is 6.54 Å². The van der Waals surface area contributed by atoms with Crippen LogP contribution in [0.1, 0.15) is 56.2 Å². The maximum absolute atomic E-state index is 6.02. The van der Waals surface area contributed by atoms with Crippen molar-refractivity contribution in [2.75, 3.05) is 0 Å². The third-order valence-corrected chi connectivity index (χ3v) is 3.29. The fraction of sp³-hybridized carbons (Fsp3) is 0.727. The summed E-state index contributed by atoms with van der Waals surface area (Å²) < 4.78 is 3.63. The van der Waals surface area contributed by atoms with E-state index in [9.17, 15) is 0 Å². The van der Waals surface area contributed by atoms with E-state index in [1.165, 1.54) is 0 Å². The second-order valence-corrected chi connectivity index (χ2v) is 5.01. The average Bonchev–Trinajstić information content (AvgIpc) is 2.96. The molecule has 0 bridgehead atoms. The molecule has 19 heavy (non-hydrogen) atoms. The average molecular weight is 262 g/mol. The zero-order valence-electron chi connectivity index (χ0n) is 11.0. The Balaban J connectivity index is 1.71. The summed E-state index contributed by atoms with van der Waals surface area (Å²) in [4.78, 5) is 0. The molecule has 1 fully saturated rings. The van der Waals surface area contributed by atoms with E-state index in [1.54, 1.807) is 4.68 Å². The highest BCUT2D eigenvalue weighted by molar-refractivity contribution is 5.00. The molecule has 2 aromatic heterocycles. The highest BCUT2D eigenvalue weighted by atomic mass is 15.6. The van der Waals surface area contributed by atoms with E-state index < -0.39 is 0 Å². The molecule has 1 unspecified atom stereocenters. The first-order valence-corrected chi connectivity index (χ1v) is 6.70. The Hall–Kier alpha value is -1.83. The van der Waals surface area contributed by atoms with Crippen LogP contribution in [-0.4, -0.2) is 35.2 Å². The van der Waals surface area contributed by atoms with Crippen molar-refractivity contribution in [2.24, 2.45) is 5.73 Å². The molecule has 1 saturated carbocycles. The highest BCUT2D eigenvalue weighted by Gasteiger charge is 2.27. The Morgan fingerprint density at radius 1 is 1.37 bits per heavy atom. The molecule has 0 spiro atoms. The van der Waals surface area contributed by atoms with Gasteiger partial charge in [-0.15, -0.1) is 10.2 Å². The molecule has 102 valence electrons. The number of rotatable bonds is 6. The topological polar surface area (TPSA) is 100 Å². The van der Waals surface area contributed by atoms with Crippen molar-refractivity contribution in [3.8, 4) is 0 Å². The van der Waals surface area contributed by atoms with Crippen LogP contribution < -0.4 is 5.73 Å². The molecule has 2 heterocycles. The summed E-state index contributed by atoms with van der Waals surface area (Å²) >= 11 is 0. The van der Waals surface area contributed by atoms with Crippen LogP contribution in [0.4, 0.5) is 0 Å². The van der Waals surface area contributed by atoms with E-state index in [1.807, 2.05) is 10.9 Å². The Morgan fingerprint density at radius 2 is 2.21 bits per heavy atom. The summed E-state index contributed by atoms with van der Waals surface area (Å²) in [5, 5.41) is 20.0. The normalized spacial score (nSPS) is 16.7. The first-order chi connectivity index (χ1) is 9.28. The highest BCUT2D eigenvalue weighted by Crippen LogP contribution is 2.34. The molecular formula is C11H18N8. The van der Waals surface area contributed by atoms with E-state index in [-0.39, 0.29) is 6.04 Å². The molecule has 8 heteroatoms. The van der Waals surface area contributed by atoms with E-state index in [0.29, 0.717) is 12.6 Å². The summed E-state index contributed by atoms with van der Waals surface area (Å²) in [6, 6.07) is 0.425. The molecule has 1 aliphatic rings. The number of nitrogens with two attached hydrogens (primary N) is 1. The van der Waals surface area contributed by atoms with E-state index in [0.717, 1.165) is 37.2 Å². The monoisotopic (exact) mass is 262 g/mol. The SMILES string of the molecule is CCCC(N)c1cn(Cc2nnnn2C2CC2)nn1. The van der Waals surface area contributed by atoms with Gasteiger partial charge in [-0.3, -0.25) is 0 Å². The lowest BCUT2D eigenvalue weighted by molar-refractivity contribution is 0.543. The minimum Gasteiger partial charge on any atom is -0.323 e. The summed E-state index contributed by atoms with van der Waals surface area (Å²) in [5.41, 5.74) is 6.85. The number of aromatic nitrogens is 7. The fourth-order valence-electron chi connectivity index (χ4n) is 2.08. The largest absolute Gasteiger partial charge is 0.323 e. The number of hydrogen-bond donors (Lipinski definition) is 1. The molecule has 0 saturated heterocycles. The van der Waals surface area contributed by atoms with Crippen molar-refractivity contribution in [3.63, 3.8) is 0 Å². The summed E-state index contributed by atoms with van der Waals surface area (Å²) in [6.07, 6.45) is 6.14. The van der Waals surface area contributed by atoms with Gasteiger partial charge >= 0.3 is 0 Å². The Bertz CT molecular complexity index is 540.